The van der Waals surface area contributed by atoms with Gasteiger partial charge in [-0.3, -0.25) is 19.9 Å². The van der Waals surface area contributed by atoms with Crippen molar-refractivity contribution >= 4 is 17.7 Å². The smallest absolute Gasteiger partial charge is 0.281 e. The summed E-state index contributed by atoms with van der Waals surface area (Å²) in [4.78, 5) is 26.8. The maximum atomic E-state index is 13.3. The number of H-pyrrole nitrogens is 1. The normalized spacial score (nSPS) is 12.8. The number of para-hydroxylation sites is 1. The first-order valence-corrected chi connectivity index (χ1v) is 10.3. The lowest BCUT2D eigenvalue weighted by Crippen LogP contribution is -2.26. The van der Waals surface area contributed by atoms with Crippen LogP contribution in [0.1, 0.15) is 16.8 Å². The van der Waals surface area contributed by atoms with Crippen LogP contribution in [-0.2, 0) is 12.8 Å². The quantitative estimate of drug-likeness (QED) is 0.507. The van der Waals surface area contributed by atoms with Crippen molar-refractivity contribution in [1.29, 1.82) is 0 Å². The fraction of sp³-hybridized carbons (Fsp3) is 0.120. The van der Waals surface area contributed by atoms with Crippen LogP contribution in [0.2, 0.25) is 0 Å². The first-order chi connectivity index (χ1) is 15.3. The predicted octanol–water partition coefficient (Wildman–Crippen LogP) is 4.03. The Morgan fingerprint density at radius 2 is 1.81 bits per heavy atom. The highest BCUT2D eigenvalue weighted by Gasteiger charge is 2.21. The van der Waals surface area contributed by atoms with E-state index in [2.05, 4.69) is 20.1 Å². The van der Waals surface area contributed by atoms with E-state index in [-0.39, 0.29) is 5.56 Å². The van der Waals surface area contributed by atoms with Crippen LogP contribution in [0.15, 0.2) is 93.8 Å². The van der Waals surface area contributed by atoms with Crippen molar-refractivity contribution in [3.8, 4) is 11.3 Å². The van der Waals surface area contributed by atoms with E-state index in [9.17, 15) is 4.79 Å². The van der Waals surface area contributed by atoms with Crippen molar-refractivity contribution in [2.24, 2.45) is 9.98 Å². The molecule has 2 aromatic heterocycles. The number of benzene rings is 2. The molecule has 2 aromatic carbocycles. The molecule has 5 rings (SSSR count). The van der Waals surface area contributed by atoms with Crippen LogP contribution in [0.3, 0.4) is 0 Å². The number of nitrogens with zero attached hydrogens (tertiary/aromatic N) is 4. The zero-order valence-corrected chi connectivity index (χ0v) is 16.9. The zero-order valence-electron chi connectivity index (χ0n) is 16.9. The van der Waals surface area contributed by atoms with Gasteiger partial charge in [-0.05, 0) is 23.8 Å². The minimum absolute atomic E-state index is 0.146. The molecule has 1 N–H and O–H groups in total. The summed E-state index contributed by atoms with van der Waals surface area (Å²) in [5.74, 6) is 0.691. The van der Waals surface area contributed by atoms with Crippen molar-refractivity contribution < 1.29 is 0 Å². The third kappa shape index (κ3) is 3.88. The lowest BCUT2D eigenvalue weighted by Gasteiger charge is -2.01. The Hall–Kier alpha value is -4.06. The lowest BCUT2D eigenvalue weighted by atomic mass is 10.1. The van der Waals surface area contributed by atoms with E-state index in [4.69, 9.17) is 0 Å². The summed E-state index contributed by atoms with van der Waals surface area (Å²) >= 11 is 0. The molecule has 3 heterocycles. The maximum Gasteiger partial charge on any atom is 0.281 e. The number of nitrogens with one attached hydrogen (secondary N) is 1. The molecule has 6 heteroatoms. The Kier molecular flexibility index (Phi) is 5.10. The molecule has 4 aromatic rings. The molecule has 0 bridgehead atoms. The molecule has 0 saturated heterocycles. The molecule has 152 valence electrons. The van der Waals surface area contributed by atoms with Gasteiger partial charge in [-0.25, -0.2) is 9.67 Å². The number of rotatable bonds is 5. The van der Waals surface area contributed by atoms with Crippen LogP contribution < -0.4 is 5.56 Å². The molecule has 1 aliphatic rings. The molecule has 0 atom stereocenters. The van der Waals surface area contributed by atoms with Gasteiger partial charge in [0.05, 0.1) is 16.9 Å². The summed E-state index contributed by atoms with van der Waals surface area (Å²) in [5.41, 5.74) is 5.06. The molecule has 1 aliphatic heterocycles. The van der Waals surface area contributed by atoms with E-state index < -0.39 is 0 Å². The lowest BCUT2D eigenvalue weighted by molar-refractivity contribution is 0.890. The maximum absolute atomic E-state index is 13.3. The molecule has 6 nitrogen and oxygen atoms in total. The van der Waals surface area contributed by atoms with E-state index in [1.807, 2.05) is 72.8 Å². The van der Waals surface area contributed by atoms with Crippen LogP contribution in [0, 0.1) is 0 Å². The van der Waals surface area contributed by atoms with Gasteiger partial charge in [0.25, 0.3) is 5.56 Å². The molecule has 0 radical (unpaired) electrons. The Bertz CT molecular complexity index is 1320. The summed E-state index contributed by atoms with van der Waals surface area (Å²) in [5, 5.41) is 3.27. The third-order valence-electron chi connectivity index (χ3n) is 5.28. The molecular formula is C25H21N5O. The summed E-state index contributed by atoms with van der Waals surface area (Å²) < 4.78 is 1.54. The van der Waals surface area contributed by atoms with Gasteiger partial charge < -0.3 is 0 Å². The Balaban J connectivity index is 1.48. The highest BCUT2D eigenvalue weighted by molar-refractivity contribution is 5.96. The van der Waals surface area contributed by atoms with Crippen molar-refractivity contribution in [3.63, 3.8) is 0 Å². The standard InChI is InChI=1S/C25H21N5O/c31-25-21(17-26-15-13-20-11-6-7-14-27-20)24(18-8-2-1-3-9-18)29-30(25)23-16-19-10-4-5-12-22(19)28-23/h1-12,14,17,29H,13,15-16H2/b26-17-. The average molecular weight is 407 g/mol. The number of aliphatic imine (C=N–C) groups is 2. The van der Waals surface area contributed by atoms with Crippen molar-refractivity contribution in [3.05, 3.63) is 106 Å². The number of hydrogen-bond donors (Lipinski definition) is 1. The highest BCUT2D eigenvalue weighted by Crippen LogP contribution is 2.26. The monoisotopic (exact) mass is 407 g/mol. The van der Waals surface area contributed by atoms with E-state index in [0.29, 0.717) is 24.4 Å². The van der Waals surface area contributed by atoms with Gasteiger partial charge in [0.2, 0.25) is 0 Å². The van der Waals surface area contributed by atoms with Crippen molar-refractivity contribution in [2.45, 2.75) is 12.8 Å². The van der Waals surface area contributed by atoms with Crippen molar-refractivity contribution in [2.75, 3.05) is 6.54 Å². The van der Waals surface area contributed by atoms with Crippen LogP contribution in [-0.4, -0.2) is 33.4 Å². The van der Waals surface area contributed by atoms with Gasteiger partial charge in [0.15, 0.2) is 0 Å². The third-order valence-corrected chi connectivity index (χ3v) is 5.28. The van der Waals surface area contributed by atoms with Crippen molar-refractivity contribution in [1.82, 2.24) is 14.8 Å². The Labute approximate surface area is 179 Å². The molecule has 0 aliphatic carbocycles. The number of aromatic amines is 1. The molecule has 0 amide bonds. The predicted molar refractivity (Wildman–Crippen MR) is 124 cm³/mol. The van der Waals surface area contributed by atoms with Crippen LogP contribution >= 0.6 is 0 Å². The molecule has 0 fully saturated rings. The minimum atomic E-state index is -0.146. The Morgan fingerprint density at radius 1 is 1.00 bits per heavy atom. The second kappa shape index (κ2) is 8.36. The van der Waals surface area contributed by atoms with Gasteiger partial charge in [-0.2, -0.15) is 0 Å². The fourth-order valence-corrected chi connectivity index (χ4v) is 3.70. The number of pyridine rings is 1. The zero-order chi connectivity index (χ0) is 21.0. The summed E-state index contributed by atoms with van der Waals surface area (Å²) in [6, 6.07) is 23.6. The SMILES string of the molecule is O=c1c(/C=N\CCc2ccccn2)c(-c2ccccc2)[nH]n1C1=Nc2ccccc2C1. The van der Waals surface area contributed by atoms with Gasteiger partial charge in [0.1, 0.15) is 5.84 Å². The first-order valence-electron chi connectivity index (χ1n) is 10.3. The van der Waals surface area contributed by atoms with E-state index >= 15 is 0 Å². The second-order valence-electron chi connectivity index (χ2n) is 7.35. The molecule has 0 saturated carbocycles. The topological polar surface area (TPSA) is 75.4 Å². The van der Waals surface area contributed by atoms with E-state index in [1.54, 1.807) is 17.1 Å². The fourth-order valence-electron chi connectivity index (χ4n) is 3.70. The molecule has 0 unspecified atom stereocenters. The van der Waals surface area contributed by atoms with Crippen LogP contribution in [0.25, 0.3) is 11.3 Å². The van der Waals surface area contributed by atoms with Gasteiger partial charge >= 0.3 is 0 Å². The minimum Gasteiger partial charge on any atom is -0.292 e. The van der Waals surface area contributed by atoms with E-state index in [1.165, 1.54) is 0 Å². The molecular weight excluding hydrogens is 386 g/mol. The molecule has 31 heavy (non-hydrogen) atoms. The number of aromatic nitrogens is 3. The summed E-state index contributed by atoms with van der Waals surface area (Å²) in [7, 11) is 0. The number of fused-ring (bicyclic) bond motifs is 1. The second-order valence-corrected chi connectivity index (χ2v) is 7.35. The van der Waals surface area contributed by atoms with Gasteiger partial charge in [0, 0.05) is 43.1 Å². The summed E-state index contributed by atoms with van der Waals surface area (Å²) in [6.07, 6.45) is 4.78. The van der Waals surface area contributed by atoms with Crippen LogP contribution in [0.5, 0.6) is 0 Å². The van der Waals surface area contributed by atoms with Gasteiger partial charge in [-0.1, -0.05) is 54.6 Å². The average Bonchev–Trinajstić information content (AvgIpc) is 3.39. The highest BCUT2D eigenvalue weighted by atomic mass is 16.1. The van der Waals surface area contributed by atoms with E-state index in [0.717, 1.165) is 34.6 Å². The largest absolute Gasteiger partial charge is 0.292 e. The number of hydrogen-bond acceptors (Lipinski definition) is 4. The summed E-state index contributed by atoms with van der Waals surface area (Å²) in [6.45, 7) is 0.558. The van der Waals surface area contributed by atoms with Crippen LogP contribution in [0.4, 0.5) is 5.69 Å². The molecule has 0 spiro atoms. The first kappa shape index (κ1) is 18.9. The Morgan fingerprint density at radius 3 is 2.61 bits per heavy atom. The van der Waals surface area contributed by atoms with Gasteiger partial charge in [-0.15, -0.1) is 0 Å².